The van der Waals surface area contributed by atoms with Crippen molar-refractivity contribution < 1.29 is 18.9 Å². The predicted molar refractivity (Wildman–Crippen MR) is 80.5 cm³/mol. The van der Waals surface area contributed by atoms with Gasteiger partial charge in [-0.15, -0.1) is 0 Å². The van der Waals surface area contributed by atoms with Gasteiger partial charge in [0.05, 0.1) is 6.07 Å². The van der Waals surface area contributed by atoms with Crippen molar-refractivity contribution in [2.75, 3.05) is 23.3 Å². The van der Waals surface area contributed by atoms with E-state index in [4.69, 9.17) is 4.42 Å². The van der Waals surface area contributed by atoms with Crippen LogP contribution in [0.15, 0.2) is 40.8 Å². The summed E-state index contributed by atoms with van der Waals surface area (Å²) in [4.78, 5) is 34.9. The Morgan fingerprint density at radius 1 is 1.26 bits per heavy atom. The van der Waals surface area contributed by atoms with Crippen molar-refractivity contribution in [1.82, 2.24) is 5.32 Å². The quantitative estimate of drug-likeness (QED) is 0.660. The molecule has 1 aliphatic heterocycles. The van der Waals surface area contributed by atoms with E-state index in [1.807, 2.05) is 0 Å². The molecule has 23 heavy (non-hydrogen) atoms. The van der Waals surface area contributed by atoms with Crippen LogP contribution in [-0.2, 0) is 0 Å². The minimum Gasteiger partial charge on any atom is -0.395 e. The third kappa shape index (κ3) is 2.98. The van der Waals surface area contributed by atoms with Crippen LogP contribution in [0.3, 0.4) is 0 Å². The van der Waals surface area contributed by atoms with Crippen LogP contribution in [0.1, 0.15) is 10.6 Å². The first kappa shape index (κ1) is 14.6. The first-order valence-corrected chi connectivity index (χ1v) is 6.75. The van der Waals surface area contributed by atoms with Crippen molar-refractivity contribution in [3.63, 3.8) is 0 Å². The molecule has 9 heteroatoms. The van der Waals surface area contributed by atoms with E-state index in [2.05, 4.69) is 10.6 Å². The largest absolute Gasteiger partial charge is 0.433 e. The summed E-state index contributed by atoms with van der Waals surface area (Å²) in [7, 11) is 0. The maximum atomic E-state index is 11.9. The second-order valence-corrected chi connectivity index (χ2v) is 4.78. The molecular weight excluding hydrogens is 304 g/mol. The number of hydrogen-bond donors (Lipinski definition) is 2. The molecule has 0 saturated carbocycles. The standard InChI is InChI=1S/C14H12N4O5/c19-13(11-5-6-12(23-11)18(21)22)16-9-1-3-10(4-2-9)17-8-7-15-14(17)20/h1-6H,7-8H2,(H,15,20)(H,16,19). The van der Waals surface area contributed by atoms with Gasteiger partial charge in [0.2, 0.25) is 0 Å². The second-order valence-electron chi connectivity index (χ2n) is 4.78. The maximum Gasteiger partial charge on any atom is 0.433 e. The fourth-order valence-corrected chi connectivity index (χ4v) is 2.18. The van der Waals surface area contributed by atoms with Gasteiger partial charge in [0.1, 0.15) is 4.92 Å². The molecule has 0 radical (unpaired) electrons. The van der Waals surface area contributed by atoms with Gasteiger partial charge in [0.25, 0.3) is 5.91 Å². The fraction of sp³-hybridized carbons (Fsp3) is 0.143. The number of anilines is 2. The van der Waals surface area contributed by atoms with Gasteiger partial charge >= 0.3 is 11.9 Å². The van der Waals surface area contributed by atoms with Crippen molar-refractivity contribution in [2.45, 2.75) is 0 Å². The first-order valence-electron chi connectivity index (χ1n) is 6.75. The Bertz CT molecular complexity index is 768. The molecule has 1 aromatic heterocycles. The van der Waals surface area contributed by atoms with Gasteiger partial charge in [0, 0.05) is 24.5 Å². The SMILES string of the molecule is O=C(Nc1ccc(N2CCNC2=O)cc1)c1ccc([N+](=O)[O-])o1. The first-order chi connectivity index (χ1) is 11.0. The number of hydrogen-bond acceptors (Lipinski definition) is 5. The molecule has 0 atom stereocenters. The Morgan fingerprint density at radius 3 is 2.57 bits per heavy atom. The van der Waals surface area contributed by atoms with Gasteiger partial charge in [-0.25, -0.2) is 4.79 Å². The van der Waals surface area contributed by atoms with Crippen LogP contribution >= 0.6 is 0 Å². The van der Waals surface area contributed by atoms with E-state index in [-0.39, 0.29) is 11.8 Å². The Morgan fingerprint density at radius 2 is 2.00 bits per heavy atom. The fourth-order valence-electron chi connectivity index (χ4n) is 2.18. The van der Waals surface area contributed by atoms with Gasteiger partial charge in [-0.3, -0.25) is 19.8 Å². The van der Waals surface area contributed by atoms with E-state index >= 15 is 0 Å². The van der Waals surface area contributed by atoms with Gasteiger partial charge in [-0.1, -0.05) is 0 Å². The third-order valence-electron chi connectivity index (χ3n) is 3.29. The van der Waals surface area contributed by atoms with E-state index in [1.165, 1.54) is 6.07 Å². The minimum atomic E-state index is -0.716. The van der Waals surface area contributed by atoms with Crippen molar-refractivity contribution in [2.24, 2.45) is 0 Å². The predicted octanol–water partition coefficient (Wildman–Crippen LogP) is 1.97. The molecule has 0 unspecified atom stereocenters. The van der Waals surface area contributed by atoms with Crippen LogP contribution in [0.2, 0.25) is 0 Å². The number of nitro groups is 1. The number of rotatable bonds is 4. The number of carbonyl (C=O) groups is 2. The monoisotopic (exact) mass is 316 g/mol. The van der Waals surface area contributed by atoms with Crippen molar-refractivity contribution >= 4 is 29.2 Å². The molecule has 118 valence electrons. The van der Waals surface area contributed by atoms with Crippen LogP contribution in [0.5, 0.6) is 0 Å². The lowest BCUT2D eigenvalue weighted by Crippen LogP contribution is -2.27. The molecular formula is C14H12N4O5. The molecule has 1 aromatic carbocycles. The zero-order valence-electron chi connectivity index (χ0n) is 11.8. The Balaban J connectivity index is 1.68. The topological polar surface area (TPSA) is 118 Å². The summed E-state index contributed by atoms with van der Waals surface area (Å²) in [6.45, 7) is 1.18. The molecule has 1 aliphatic rings. The van der Waals surface area contributed by atoms with Crippen molar-refractivity contribution in [3.05, 3.63) is 52.3 Å². The molecule has 2 heterocycles. The lowest BCUT2D eigenvalue weighted by molar-refractivity contribution is -0.402. The summed E-state index contributed by atoms with van der Waals surface area (Å²) in [6, 6.07) is 8.85. The van der Waals surface area contributed by atoms with Crippen LogP contribution in [0, 0.1) is 10.1 Å². The number of carbonyl (C=O) groups excluding carboxylic acids is 2. The Labute approximate surface area is 130 Å². The Hall–Kier alpha value is -3.36. The van der Waals surface area contributed by atoms with Crippen LogP contribution in [0.4, 0.5) is 22.1 Å². The van der Waals surface area contributed by atoms with Gasteiger partial charge < -0.3 is 15.1 Å². The third-order valence-corrected chi connectivity index (χ3v) is 3.29. The summed E-state index contributed by atoms with van der Waals surface area (Å²) in [5.74, 6) is -1.24. The number of nitrogens with zero attached hydrogens (tertiary/aromatic N) is 2. The van der Waals surface area contributed by atoms with Crippen molar-refractivity contribution in [1.29, 1.82) is 0 Å². The summed E-state index contributed by atoms with van der Waals surface area (Å²) in [5, 5.41) is 15.8. The van der Waals surface area contributed by atoms with Crippen LogP contribution in [0.25, 0.3) is 0 Å². The smallest absolute Gasteiger partial charge is 0.395 e. The number of furan rings is 1. The molecule has 1 saturated heterocycles. The lowest BCUT2D eigenvalue weighted by atomic mass is 10.2. The zero-order valence-corrected chi connectivity index (χ0v) is 11.8. The highest BCUT2D eigenvalue weighted by atomic mass is 16.6. The zero-order chi connectivity index (χ0) is 16.4. The van der Waals surface area contributed by atoms with Gasteiger partial charge in [-0.05, 0) is 30.3 Å². The lowest BCUT2D eigenvalue weighted by Gasteiger charge is -2.14. The highest BCUT2D eigenvalue weighted by Gasteiger charge is 2.21. The maximum absolute atomic E-state index is 11.9. The molecule has 3 rings (SSSR count). The molecule has 2 aromatic rings. The van der Waals surface area contributed by atoms with E-state index in [9.17, 15) is 19.7 Å². The number of nitrogens with one attached hydrogen (secondary N) is 2. The number of amides is 3. The number of benzene rings is 1. The molecule has 1 fully saturated rings. The van der Waals surface area contributed by atoms with Crippen LogP contribution in [-0.4, -0.2) is 30.0 Å². The average Bonchev–Trinajstić information content (AvgIpc) is 3.17. The minimum absolute atomic E-state index is 0.153. The van der Waals surface area contributed by atoms with E-state index in [0.29, 0.717) is 24.5 Å². The molecule has 2 N–H and O–H groups in total. The van der Waals surface area contributed by atoms with Gasteiger partial charge in [0.15, 0.2) is 5.76 Å². The molecule has 3 amide bonds. The highest BCUT2D eigenvalue weighted by molar-refractivity contribution is 6.02. The Kier molecular flexibility index (Phi) is 3.67. The molecule has 0 spiro atoms. The summed E-state index contributed by atoms with van der Waals surface area (Å²) in [5.41, 5.74) is 1.20. The summed E-state index contributed by atoms with van der Waals surface area (Å²) < 4.78 is 4.83. The number of urea groups is 1. The van der Waals surface area contributed by atoms with E-state index in [1.54, 1.807) is 29.2 Å². The van der Waals surface area contributed by atoms with Gasteiger partial charge in [-0.2, -0.15) is 0 Å². The van der Waals surface area contributed by atoms with E-state index < -0.39 is 16.7 Å². The summed E-state index contributed by atoms with van der Waals surface area (Å²) >= 11 is 0. The second kappa shape index (κ2) is 5.79. The normalized spacial score (nSPS) is 13.7. The molecule has 0 aliphatic carbocycles. The average molecular weight is 316 g/mol. The van der Waals surface area contributed by atoms with E-state index in [0.717, 1.165) is 6.07 Å². The van der Waals surface area contributed by atoms with Crippen molar-refractivity contribution in [3.8, 4) is 0 Å². The molecule has 0 bridgehead atoms. The van der Waals surface area contributed by atoms with Crippen LogP contribution < -0.4 is 15.5 Å². The molecule has 9 nitrogen and oxygen atoms in total. The highest BCUT2D eigenvalue weighted by Crippen LogP contribution is 2.21. The summed E-state index contributed by atoms with van der Waals surface area (Å²) in [6.07, 6.45) is 0.